The monoisotopic (exact) mass is 567 g/mol. The lowest BCUT2D eigenvalue weighted by Gasteiger charge is -2.14. The number of aliphatic hydroxyl groups is 1. The van der Waals surface area contributed by atoms with Crippen molar-refractivity contribution in [2.75, 3.05) is 7.11 Å². The van der Waals surface area contributed by atoms with Crippen molar-refractivity contribution in [3.8, 4) is 11.1 Å². The number of methoxy groups -OCH3 is 1. The Morgan fingerprint density at radius 3 is 2.37 bits per heavy atom. The summed E-state index contributed by atoms with van der Waals surface area (Å²) in [6.45, 7) is 4.27. The summed E-state index contributed by atoms with van der Waals surface area (Å²) in [7, 11) is 1.29. The topological polar surface area (TPSA) is 103 Å². The van der Waals surface area contributed by atoms with Crippen LogP contribution in [0.1, 0.15) is 21.6 Å². The van der Waals surface area contributed by atoms with Crippen LogP contribution in [0.5, 0.6) is 0 Å². The standard InChI is InChI=1S/C32H29N3O5S/c1-21(33-31(38)40-2)26-10-6-7-11-27(26)24-14-12-23(13-15-24)19-35-30-28(18-25(20-36)41-30)29(37)34(32(35)39)17-16-22-8-4-3-5-9-22/h3-15,18,36H,1,16-17,19-20H2,2H3,(H,33,38). The molecule has 1 amide bonds. The number of ether oxygens (including phenoxy) is 1. The van der Waals surface area contributed by atoms with Gasteiger partial charge in [-0.3, -0.25) is 19.2 Å². The molecule has 2 aromatic heterocycles. The Kier molecular flexibility index (Phi) is 8.28. The number of benzene rings is 3. The van der Waals surface area contributed by atoms with Gasteiger partial charge in [0, 0.05) is 22.7 Å². The normalized spacial score (nSPS) is 11.0. The van der Waals surface area contributed by atoms with Crippen molar-refractivity contribution >= 4 is 33.3 Å². The highest BCUT2D eigenvalue weighted by Crippen LogP contribution is 2.28. The lowest BCUT2D eigenvalue weighted by molar-refractivity contribution is 0.176. The molecule has 0 saturated carbocycles. The van der Waals surface area contributed by atoms with Crippen LogP contribution in [-0.4, -0.2) is 27.4 Å². The maximum absolute atomic E-state index is 13.7. The number of hydrogen-bond acceptors (Lipinski definition) is 6. The molecule has 5 aromatic rings. The van der Waals surface area contributed by atoms with E-state index < -0.39 is 6.09 Å². The molecular formula is C32H29N3O5S. The van der Waals surface area contributed by atoms with E-state index in [0.29, 0.717) is 27.2 Å². The molecule has 2 heterocycles. The van der Waals surface area contributed by atoms with Gasteiger partial charge in [0.1, 0.15) is 4.83 Å². The van der Waals surface area contributed by atoms with Gasteiger partial charge in [-0.1, -0.05) is 85.4 Å². The zero-order valence-corrected chi connectivity index (χ0v) is 23.3. The summed E-state index contributed by atoms with van der Waals surface area (Å²) in [5, 5.41) is 12.8. The van der Waals surface area contributed by atoms with E-state index in [1.54, 1.807) is 10.6 Å². The predicted molar refractivity (Wildman–Crippen MR) is 162 cm³/mol. The van der Waals surface area contributed by atoms with E-state index in [-0.39, 0.29) is 30.9 Å². The minimum Gasteiger partial charge on any atom is -0.453 e. The van der Waals surface area contributed by atoms with E-state index in [4.69, 9.17) is 0 Å². The second-order valence-corrected chi connectivity index (χ2v) is 10.6. The number of hydrogen-bond donors (Lipinski definition) is 2. The number of amides is 1. The molecular weight excluding hydrogens is 538 g/mol. The molecule has 0 aliphatic rings. The summed E-state index contributed by atoms with van der Waals surface area (Å²) in [4.78, 5) is 39.8. The van der Waals surface area contributed by atoms with Gasteiger partial charge in [0.15, 0.2) is 0 Å². The maximum atomic E-state index is 13.7. The van der Waals surface area contributed by atoms with Crippen molar-refractivity contribution in [2.45, 2.75) is 26.1 Å². The molecule has 41 heavy (non-hydrogen) atoms. The lowest BCUT2D eigenvalue weighted by atomic mass is 9.97. The van der Waals surface area contributed by atoms with Gasteiger partial charge >= 0.3 is 11.8 Å². The van der Waals surface area contributed by atoms with Crippen LogP contribution in [0.15, 0.2) is 101 Å². The maximum Gasteiger partial charge on any atom is 0.411 e. The van der Waals surface area contributed by atoms with Crippen molar-refractivity contribution in [3.63, 3.8) is 0 Å². The molecule has 0 atom stereocenters. The average Bonchev–Trinajstić information content (AvgIpc) is 3.45. The summed E-state index contributed by atoms with van der Waals surface area (Å²) in [5.74, 6) is 0. The van der Waals surface area contributed by atoms with Crippen LogP contribution < -0.4 is 16.6 Å². The second kappa shape index (κ2) is 12.2. The van der Waals surface area contributed by atoms with Crippen molar-refractivity contribution in [2.24, 2.45) is 0 Å². The third-order valence-corrected chi connectivity index (χ3v) is 8.01. The summed E-state index contributed by atoms with van der Waals surface area (Å²) in [5.41, 5.74) is 4.12. The van der Waals surface area contributed by atoms with E-state index in [0.717, 1.165) is 27.8 Å². The van der Waals surface area contributed by atoms with Gasteiger partial charge in [-0.2, -0.15) is 0 Å². The van der Waals surface area contributed by atoms with E-state index in [1.165, 1.54) is 23.0 Å². The molecule has 0 saturated heterocycles. The molecule has 208 valence electrons. The molecule has 0 fully saturated rings. The summed E-state index contributed by atoms with van der Waals surface area (Å²) in [6, 6.07) is 26.7. The zero-order valence-electron chi connectivity index (χ0n) is 22.5. The van der Waals surface area contributed by atoms with Crippen LogP contribution in [0.3, 0.4) is 0 Å². The fourth-order valence-electron chi connectivity index (χ4n) is 4.76. The van der Waals surface area contributed by atoms with E-state index >= 15 is 0 Å². The Hall–Kier alpha value is -4.73. The molecule has 0 bridgehead atoms. The smallest absolute Gasteiger partial charge is 0.411 e. The Balaban J connectivity index is 1.48. The highest BCUT2D eigenvalue weighted by atomic mass is 32.1. The van der Waals surface area contributed by atoms with Gasteiger partial charge in [0.05, 0.1) is 25.6 Å². The van der Waals surface area contributed by atoms with Gasteiger partial charge in [-0.05, 0) is 34.7 Å². The Morgan fingerprint density at radius 1 is 0.951 bits per heavy atom. The first-order valence-electron chi connectivity index (χ1n) is 13.0. The van der Waals surface area contributed by atoms with Gasteiger partial charge in [0.25, 0.3) is 5.56 Å². The first-order valence-corrected chi connectivity index (χ1v) is 13.8. The SMILES string of the molecule is C=C(NC(=O)OC)c1ccccc1-c1ccc(Cn2c(=O)n(CCc3ccccc3)c(=O)c3cc(CO)sc32)cc1. The minimum atomic E-state index is -0.597. The highest BCUT2D eigenvalue weighted by molar-refractivity contribution is 7.18. The van der Waals surface area contributed by atoms with Crippen LogP contribution in [-0.2, 0) is 30.9 Å². The van der Waals surface area contributed by atoms with Crippen molar-refractivity contribution in [1.82, 2.24) is 14.5 Å². The van der Waals surface area contributed by atoms with Gasteiger partial charge in [-0.25, -0.2) is 9.59 Å². The number of nitrogens with one attached hydrogen (secondary N) is 1. The first-order chi connectivity index (χ1) is 19.9. The molecule has 0 unspecified atom stereocenters. The Labute approximate surface area is 240 Å². The van der Waals surface area contributed by atoms with Crippen molar-refractivity contribution < 1.29 is 14.6 Å². The van der Waals surface area contributed by atoms with Crippen LogP contribution in [0.2, 0.25) is 0 Å². The average molecular weight is 568 g/mol. The summed E-state index contributed by atoms with van der Waals surface area (Å²) < 4.78 is 7.58. The van der Waals surface area contributed by atoms with E-state index in [1.807, 2.05) is 78.9 Å². The van der Waals surface area contributed by atoms with Crippen LogP contribution in [0, 0.1) is 0 Å². The second-order valence-electron chi connectivity index (χ2n) is 9.49. The lowest BCUT2D eigenvalue weighted by Crippen LogP contribution is -2.40. The summed E-state index contributed by atoms with van der Waals surface area (Å²) in [6.07, 6.45) is -0.0529. The first kappa shape index (κ1) is 27.8. The molecule has 5 rings (SSSR count). The number of fused-ring (bicyclic) bond motifs is 1. The van der Waals surface area contributed by atoms with Gasteiger partial charge in [-0.15, -0.1) is 11.3 Å². The number of nitrogens with zero attached hydrogens (tertiary/aromatic N) is 2. The van der Waals surface area contributed by atoms with Crippen molar-refractivity contribution in [3.05, 3.63) is 134 Å². The number of carbonyl (C=O) groups is 1. The molecule has 3 aromatic carbocycles. The van der Waals surface area contributed by atoms with Crippen molar-refractivity contribution in [1.29, 1.82) is 0 Å². The fraction of sp³-hybridized carbons (Fsp3) is 0.156. The van der Waals surface area contributed by atoms with Crippen LogP contribution >= 0.6 is 11.3 Å². The fourth-order valence-corrected chi connectivity index (χ4v) is 5.76. The molecule has 9 heteroatoms. The molecule has 8 nitrogen and oxygen atoms in total. The Bertz CT molecular complexity index is 1840. The number of carbonyl (C=O) groups excluding carboxylic acids is 1. The quantitative estimate of drug-likeness (QED) is 0.261. The highest BCUT2D eigenvalue weighted by Gasteiger charge is 2.17. The number of aliphatic hydroxyl groups excluding tert-OH is 1. The van der Waals surface area contributed by atoms with Gasteiger partial charge < -0.3 is 9.84 Å². The third-order valence-electron chi connectivity index (χ3n) is 6.86. The molecule has 0 radical (unpaired) electrons. The van der Waals surface area contributed by atoms with E-state index in [9.17, 15) is 19.5 Å². The molecule has 0 spiro atoms. The van der Waals surface area contributed by atoms with E-state index in [2.05, 4.69) is 16.6 Å². The molecule has 0 aliphatic carbocycles. The number of aromatic nitrogens is 2. The third kappa shape index (κ3) is 5.91. The number of thiophene rings is 1. The number of alkyl carbamates (subject to hydrolysis) is 1. The largest absolute Gasteiger partial charge is 0.453 e. The predicted octanol–water partition coefficient (Wildman–Crippen LogP) is 5.00. The molecule has 0 aliphatic heterocycles. The number of aryl methyl sites for hydroxylation is 1. The minimum absolute atomic E-state index is 0.207. The summed E-state index contributed by atoms with van der Waals surface area (Å²) >= 11 is 1.25. The zero-order chi connectivity index (χ0) is 28.9. The molecule has 2 N–H and O–H groups in total. The number of rotatable bonds is 9. The van der Waals surface area contributed by atoms with Crippen LogP contribution in [0.4, 0.5) is 4.79 Å². The van der Waals surface area contributed by atoms with Gasteiger partial charge in [0.2, 0.25) is 0 Å². The van der Waals surface area contributed by atoms with Crippen LogP contribution in [0.25, 0.3) is 27.0 Å². The Morgan fingerprint density at radius 2 is 1.66 bits per heavy atom.